The van der Waals surface area contributed by atoms with Gasteiger partial charge in [0.25, 0.3) is 0 Å². The zero-order valence-electron chi connectivity index (χ0n) is 18.1. The van der Waals surface area contributed by atoms with Crippen molar-refractivity contribution in [1.82, 2.24) is 25.0 Å². The van der Waals surface area contributed by atoms with Gasteiger partial charge in [-0.1, -0.05) is 6.07 Å². The maximum absolute atomic E-state index is 6.32. The van der Waals surface area contributed by atoms with E-state index in [1.807, 2.05) is 36.4 Å². The summed E-state index contributed by atoms with van der Waals surface area (Å²) in [5.74, 6) is 2.38. The summed E-state index contributed by atoms with van der Waals surface area (Å²) in [6.45, 7) is 7.20. The maximum atomic E-state index is 6.32. The van der Waals surface area contributed by atoms with Gasteiger partial charge in [-0.05, 0) is 48.7 Å². The molecule has 7 heteroatoms. The van der Waals surface area contributed by atoms with Crippen molar-refractivity contribution in [3.8, 4) is 16.9 Å². The molecule has 0 saturated carbocycles. The highest BCUT2D eigenvalue weighted by Gasteiger charge is 2.35. The lowest BCUT2D eigenvalue weighted by atomic mass is 9.88. The van der Waals surface area contributed by atoms with Gasteiger partial charge in [0.2, 0.25) is 0 Å². The largest absolute Gasteiger partial charge is 0.486 e. The standard InChI is InChI=1S/C24H28N6O/c1-15-7-16(18-12-30(13-18)19-3-5-25-10-19)8-22-23(15)31-14-21-20(4-6-26-24(21)28-22)17-9-27-29(2)11-17/h4,6-9,11,18-19,25H,3,5,10,12-14H2,1-2H3,(H,26,28). The van der Waals surface area contributed by atoms with Crippen LogP contribution < -0.4 is 15.4 Å². The second kappa shape index (κ2) is 7.35. The fourth-order valence-electron chi connectivity index (χ4n) is 5.14. The van der Waals surface area contributed by atoms with Crippen molar-refractivity contribution in [2.24, 2.45) is 7.05 Å². The Morgan fingerprint density at radius 1 is 1.23 bits per heavy atom. The van der Waals surface area contributed by atoms with E-state index in [2.05, 4.69) is 44.7 Å². The Labute approximate surface area is 182 Å². The minimum atomic E-state index is 0.486. The summed E-state index contributed by atoms with van der Waals surface area (Å²) >= 11 is 0. The molecular formula is C24H28N6O. The molecule has 3 aliphatic heterocycles. The van der Waals surface area contributed by atoms with E-state index in [0.29, 0.717) is 18.6 Å². The highest BCUT2D eigenvalue weighted by atomic mass is 16.5. The first-order valence-electron chi connectivity index (χ1n) is 11.1. The van der Waals surface area contributed by atoms with Crippen LogP contribution in [0.1, 0.15) is 29.0 Å². The highest BCUT2D eigenvalue weighted by molar-refractivity contribution is 5.77. The Kier molecular flexibility index (Phi) is 4.47. The number of nitrogens with zero attached hydrogens (tertiary/aromatic N) is 4. The number of hydrogen-bond donors (Lipinski definition) is 2. The minimum absolute atomic E-state index is 0.486. The molecule has 160 valence electrons. The summed E-state index contributed by atoms with van der Waals surface area (Å²) in [4.78, 5) is 7.26. The number of ether oxygens (including phenoxy) is 1. The zero-order chi connectivity index (χ0) is 20.9. The number of benzene rings is 1. The van der Waals surface area contributed by atoms with Crippen molar-refractivity contribution in [3.63, 3.8) is 0 Å². The van der Waals surface area contributed by atoms with E-state index in [9.17, 15) is 0 Å². The van der Waals surface area contributed by atoms with Crippen LogP contribution in [0.25, 0.3) is 11.1 Å². The molecule has 1 aromatic carbocycles. The molecule has 31 heavy (non-hydrogen) atoms. The number of fused-ring (bicyclic) bond motifs is 2. The number of aromatic nitrogens is 3. The van der Waals surface area contributed by atoms with Crippen LogP contribution in [0.4, 0.5) is 11.5 Å². The molecule has 2 aromatic heterocycles. The second-order valence-electron chi connectivity index (χ2n) is 9.01. The fraction of sp³-hybridized carbons (Fsp3) is 0.417. The van der Waals surface area contributed by atoms with Crippen molar-refractivity contribution in [1.29, 1.82) is 0 Å². The number of anilines is 2. The molecule has 0 amide bonds. The molecule has 0 spiro atoms. The van der Waals surface area contributed by atoms with Crippen LogP contribution in [0, 0.1) is 6.92 Å². The van der Waals surface area contributed by atoms with Crippen LogP contribution in [0.15, 0.2) is 36.8 Å². The van der Waals surface area contributed by atoms with E-state index >= 15 is 0 Å². The third-order valence-corrected chi connectivity index (χ3v) is 6.91. The van der Waals surface area contributed by atoms with Crippen molar-refractivity contribution >= 4 is 11.5 Å². The molecule has 3 aliphatic rings. The summed E-state index contributed by atoms with van der Waals surface area (Å²) in [5.41, 5.74) is 6.84. The Morgan fingerprint density at radius 3 is 2.90 bits per heavy atom. The molecule has 5 heterocycles. The molecule has 2 N–H and O–H groups in total. The normalized spacial score (nSPS) is 20.9. The molecule has 0 bridgehead atoms. The smallest absolute Gasteiger partial charge is 0.146 e. The number of likely N-dealkylation sites (tertiary alicyclic amines) is 1. The van der Waals surface area contributed by atoms with Crippen LogP contribution in [-0.2, 0) is 13.7 Å². The average molecular weight is 417 g/mol. The van der Waals surface area contributed by atoms with E-state index < -0.39 is 0 Å². The fourth-order valence-corrected chi connectivity index (χ4v) is 5.14. The lowest BCUT2D eigenvalue weighted by Gasteiger charge is -2.43. The third-order valence-electron chi connectivity index (χ3n) is 6.91. The number of pyridine rings is 1. The van der Waals surface area contributed by atoms with Gasteiger partial charge in [0, 0.05) is 62.2 Å². The molecule has 1 unspecified atom stereocenters. The summed E-state index contributed by atoms with van der Waals surface area (Å²) in [5, 5.41) is 11.4. The monoisotopic (exact) mass is 416 g/mol. The molecule has 2 fully saturated rings. The first-order valence-corrected chi connectivity index (χ1v) is 11.1. The van der Waals surface area contributed by atoms with Crippen molar-refractivity contribution in [2.45, 2.75) is 31.9 Å². The molecule has 3 aromatic rings. The first-order chi connectivity index (χ1) is 15.2. The lowest BCUT2D eigenvalue weighted by molar-refractivity contribution is 0.101. The summed E-state index contributed by atoms with van der Waals surface area (Å²) in [7, 11) is 1.93. The number of nitrogens with one attached hydrogen (secondary N) is 2. The van der Waals surface area contributed by atoms with E-state index in [1.54, 1.807) is 0 Å². The topological polar surface area (TPSA) is 67.2 Å². The number of rotatable bonds is 3. The van der Waals surface area contributed by atoms with E-state index in [-0.39, 0.29) is 0 Å². The Bertz CT molecular complexity index is 1130. The number of aryl methyl sites for hydroxylation is 2. The predicted octanol–water partition coefficient (Wildman–Crippen LogP) is 3.19. The van der Waals surface area contributed by atoms with Crippen LogP contribution in [-0.4, -0.2) is 51.9 Å². The Balaban J connectivity index is 1.29. The van der Waals surface area contributed by atoms with E-state index in [0.717, 1.165) is 60.1 Å². The van der Waals surface area contributed by atoms with Gasteiger partial charge in [0.15, 0.2) is 0 Å². The van der Waals surface area contributed by atoms with Gasteiger partial charge < -0.3 is 15.4 Å². The minimum Gasteiger partial charge on any atom is -0.486 e. The zero-order valence-corrected chi connectivity index (χ0v) is 18.1. The van der Waals surface area contributed by atoms with Gasteiger partial charge in [0.05, 0.1) is 11.9 Å². The molecule has 0 aliphatic carbocycles. The van der Waals surface area contributed by atoms with Gasteiger partial charge in [-0.15, -0.1) is 0 Å². The second-order valence-corrected chi connectivity index (χ2v) is 9.01. The summed E-state index contributed by atoms with van der Waals surface area (Å²) < 4.78 is 8.14. The quantitative estimate of drug-likeness (QED) is 0.684. The van der Waals surface area contributed by atoms with Crippen LogP contribution in [0.5, 0.6) is 5.75 Å². The van der Waals surface area contributed by atoms with Crippen LogP contribution in [0.2, 0.25) is 0 Å². The molecule has 6 rings (SSSR count). The van der Waals surface area contributed by atoms with Gasteiger partial charge in [0.1, 0.15) is 18.2 Å². The molecule has 7 nitrogen and oxygen atoms in total. The van der Waals surface area contributed by atoms with E-state index in [1.165, 1.54) is 17.5 Å². The van der Waals surface area contributed by atoms with Gasteiger partial charge >= 0.3 is 0 Å². The van der Waals surface area contributed by atoms with Gasteiger partial charge in [-0.25, -0.2) is 4.98 Å². The van der Waals surface area contributed by atoms with Crippen molar-refractivity contribution in [2.75, 3.05) is 31.5 Å². The maximum Gasteiger partial charge on any atom is 0.146 e. The molecule has 2 saturated heterocycles. The van der Waals surface area contributed by atoms with Gasteiger partial charge in [-0.3, -0.25) is 9.58 Å². The van der Waals surface area contributed by atoms with Crippen LogP contribution in [0.3, 0.4) is 0 Å². The summed E-state index contributed by atoms with van der Waals surface area (Å²) in [6.07, 6.45) is 7.04. The molecular weight excluding hydrogens is 388 g/mol. The van der Waals surface area contributed by atoms with Crippen LogP contribution >= 0.6 is 0 Å². The third kappa shape index (κ3) is 3.28. The Morgan fingerprint density at radius 2 is 2.13 bits per heavy atom. The lowest BCUT2D eigenvalue weighted by Crippen LogP contribution is -2.51. The van der Waals surface area contributed by atoms with Gasteiger partial charge in [-0.2, -0.15) is 5.10 Å². The first kappa shape index (κ1) is 18.8. The highest BCUT2D eigenvalue weighted by Crippen LogP contribution is 2.42. The van der Waals surface area contributed by atoms with Crippen molar-refractivity contribution in [3.05, 3.63) is 53.5 Å². The average Bonchev–Trinajstić information content (AvgIpc) is 3.35. The predicted molar refractivity (Wildman–Crippen MR) is 121 cm³/mol. The Hall–Kier alpha value is -2.90. The number of hydrogen-bond acceptors (Lipinski definition) is 6. The van der Waals surface area contributed by atoms with Crippen molar-refractivity contribution < 1.29 is 4.74 Å². The SMILES string of the molecule is Cc1cc(C2CN(C3CCNC3)C2)cc2c1OCc1c(-c3cnn(C)c3)ccnc1N2. The summed E-state index contributed by atoms with van der Waals surface area (Å²) in [6, 6.07) is 7.32. The van der Waals surface area contributed by atoms with E-state index in [4.69, 9.17) is 4.74 Å². The molecule has 0 radical (unpaired) electrons. The molecule has 1 atom stereocenters.